The molecule has 0 aliphatic heterocycles. The minimum absolute atomic E-state index is 0.0534. The van der Waals surface area contributed by atoms with Gasteiger partial charge in [-0.15, -0.1) is 11.6 Å². The van der Waals surface area contributed by atoms with Crippen LogP contribution in [-0.4, -0.2) is 17.4 Å². The monoisotopic (exact) mass is 348 g/mol. The summed E-state index contributed by atoms with van der Waals surface area (Å²) in [4.78, 5) is 24.9. The number of hydrogen-bond acceptors (Lipinski definition) is 2. The highest BCUT2D eigenvalue weighted by Crippen LogP contribution is 2.65. The number of carbonyl (C=O) groups excluding carboxylic acids is 2. The van der Waals surface area contributed by atoms with Crippen molar-refractivity contribution < 1.29 is 9.59 Å². The summed E-state index contributed by atoms with van der Waals surface area (Å²) in [5.74, 6) is 3.32. The van der Waals surface area contributed by atoms with Crippen molar-refractivity contribution in [2.45, 2.75) is 71.6 Å². The number of carbonyl (C=O) groups is 2. The molecule has 0 aromatic heterocycles. The number of Topliss-reactive ketones (excluding diaryl/α,β-unsaturated/α-hetero) is 2. The van der Waals surface area contributed by atoms with Crippen LogP contribution in [0.15, 0.2) is 11.1 Å². The van der Waals surface area contributed by atoms with E-state index in [1.807, 2.05) is 0 Å². The van der Waals surface area contributed by atoms with E-state index in [-0.39, 0.29) is 10.8 Å². The molecule has 0 heterocycles. The van der Waals surface area contributed by atoms with Crippen molar-refractivity contribution >= 4 is 23.2 Å². The third-order valence-electron chi connectivity index (χ3n) is 8.30. The minimum atomic E-state index is -0.0534. The zero-order valence-electron chi connectivity index (χ0n) is 15.0. The maximum Gasteiger partial charge on any atom is 0.158 e. The van der Waals surface area contributed by atoms with Gasteiger partial charge in [0.05, 0.1) is 0 Å². The van der Waals surface area contributed by atoms with Crippen molar-refractivity contribution in [1.29, 1.82) is 0 Å². The average molecular weight is 349 g/mol. The molecule has 24 heavy (non-hydrogen) atoms. The molecule has 0 bridgehead atoms. The van der Waals surface area contributed by atoms with Crippen LogP contribution in [0, 0.1) is 28.6 Å². The molecule has 4 aliphatic rings. The molecule has 0 saturated heterocycles. The fourth-order valence-corrected chi connectivity index (χ4v) is 7.17. The summed E-state index contributed by atoms with van der Waals surface area (Å²) >= 11 is 6.00. The lowest BCUT2D eigenvalue weighted by atomic mass is 9.47. The Morgan fingerprint density at radius 3 is 2.46 bits per heavy atom. The summed E-state index contributed by atoms with van der Waals surface area (Å²) in [6, 6.07) is 0. The number of fused-ring (bicyclic) bond motifs is 5. The lowest BCUT2D eigenvalue weighted by Gasteiger charge is -2.57. The van der Waals surface area contributed by atoms with Crippen LogP contribution in [0.3, 0.4) is 0 Å². The normalized spacial score (nSPS) is 45.0. The van der Waals surface area contributed by atoms with Gasteiger partial charge < -0.3 is 0 Å². The van der Waals surface area contributed by atoms with Gasteiger partial charge in [0, 0.05) is 24.1 Å². The molecule has 3 heteroatoms. The SMILES string of the molecule is C[C@]12CCC(=O)C(CCCl)=C1CC[C@@H]1[C@H]2CC[C@]2(C)C(=O)CC[C@@H]12. The van der Waals surface area contributed by atoms with Gasteiger partial charge in [-0.05, 0) is 73.7 Å². The number of allylic oxidation sites excluding steroid dienone is 1. The van der Waals surface area contributed by atoms with Crippen LogP contribution in [0.25, 0.3) is 0 Å². The first kappa shape index (κ1) is 16.8. The van der Waals surface area contributed by atoms with Gasteiger partial charge in [-0.1, -0.05) is 19.4 Å². The van der Waals surface area contributed by atoms with Crippen LogP contribution in [0.1, 0.15) is 71.6 Å². The van der Waals surface area contributed by atoms with Gasteiger partial charge >= 0.3 is 0 Å². The van der Waals surface area contributed by atoms with E-state index in [2.05, 4.69) is 13.8 Å². The first-order valence-electron chi connectivity index (χ1n) is 9.77. The highest BCUT2D eigenvalue weighted by atomic mass is 35.5. The van der Waals surface area contributed by atoms with Gasteiger partial charge in [0.2, 0.25) is 0 Å². The van der Waals surface area contributed by atoms with Gasteiger partial charge in [-0.25, -0.2) is 0 Å². The summed E-state index contributed by atoms with van der Waals surface area (Å²) in [5, 5.41) is 0. The molecule has 0 unspecified atom stereocenters. The third-order valence-corrected chi connectivity index (χ3v) is 8.49. The minimum Gasteiger partial charge on any atom is -0.299 e. The number of hydrogen-bond donors (Lipinski definition) is 0. The Bertz CT molecular complexity index is 621. The van der Waals surface area contributed by atoms with Crippen LogP contribution >= 0.6 is 11.6 Å². The van der Waals surface area contributed by atoms with Crippen LogP contribution in [0.2, 0.25) is 0 Å². The molecular weight excluding hydrogens is 320 g/mol. The Hall–Kier alpha value is -0.630. The fourth-order valence-electron chi connectivity index (χ4n) is 6.98. The van der Waals surface area contributed by atoms with Crippen molar-refractivity contribution in [3.63, 3.8) is 0 Å². The van der Waals surface area contributed by atoms with Crippen molar-refractivity contribution in [1.82, 2.24) is 0 Å². The molecule has 3 saturated carbocycles. The third kappa shape index (κ3) is 2.14. The van der Waals surface area contributed by atoms with E-state index in [0.29, 0.717) is 41.6 Å². The van der Waals surface area contributed by atoms with Crippen molar-refractivity contribution in [2.24, 2.45) is 28.6 Å². The lowest BCUT2D eigenvalue weighted by Crippen LogP contribution is -2.51. The highest BCUT2D eigenvalue weighted by molar-refractivity contribution is 6.18. The second-order valence-corrected chi connectivity index (χ2v) is 9.45. The van der Waals surface area contributed by atoms with E-state index in [9.17, 15) is 9.59 Å². The maximum absolute atomic E-state index is 12.5. The zero-order chi connectivity index (χ0) is 17.1. The molecule has 0 N–H and O–H groups in total. The van der Waals surface area contributed by atoms with E-state index in [1.165, 1.54) is 12.0 Å². The second kappa shape index (κ2) is 5.69. The number of ketones is 2. The van der Waals surface area contributed by atoms with Gasteiger partial charge in [0.1, 0.15) is 5.78 Å². The molecule has 2 nitrogen and oxygen atoms in total. The Morgan fingerprint density at radius 1 is 0.958 bits per heavy atom. The van der Waals surface area contributed by atoms with E-state index >= 15 is 0 Å². The Kier molecular flexibility index (Phi) is 3.99. The summed E-state index contributed by atoms with van der Waals surface area (Å²) in [7, 11) is 0. The van der Waals surface area contributed by atoms with Crippen LogP contribution < -0.4 is 0 Å². The molecule has 0 aromatic carbocycles. The Morgan fingerprint density at radius 2 is 1.71 bits per heavy atom. The predicted molar refractivity (Wildman–Crippen MR) is 96.0 cm³/mol. The predicted octanol–water partition coefficient (Wildman–Crippen LogP) is 5.09. The van der Waals surface area contributed by atoms with Gasteiger partial charge in [0.25, 0.3) is 0 Å². The molecule has 4 aliphatic carbocycles. The average Bonchev–Trinajstić information content (AvgIpc) is 2.86. The zero-order valence-corrected chi connectivity index (χ0v) is 15.8. The van der Waals surface area contributed by atoms with Gasteiger partial charge in [0.15, 0.2) is 5.78 Å². The summed E-state index contributed by atoms with van der Waals surface area (Å²) in [6.45, 7) is 4.65. The molecule has 0 amide bonds. The molecule has 132 valence electrons. The van der Waals surface area contributed by atoms with Crippen molar-refractivity contribution in [2.75, 3.05) is 5.88 Å². The smallest absolute Gasteiger partial charge is 0.158 e. The Labute approximate surface area is 150 Å². The number of alkyl halides is 1. The Balaban J connectivity index is 1.72. The second-order valence-electron chi connectivity index (χ2n) is 9.07. The van der Waals surface area contributed by atoms with Crippen LogP contribution in [-0.2, 0) is 9.59 Å². The summed E-state index contributed by atoms with van der Waals surface area (Å²) < 4.78 is 0. The molecular formula is C21H29ClO2. The molecule has 5 atom stereocenters. The maximum atomic E-state index is 12.5. The van der Waals surface area contributed by atoms with Crippen molar-refractivity contribution in [3.05, 3.63) is 11.1 Å². The largest absolute Gasteiger partial charge is 0.299 e. The summed E-state index contributed by atoms with van der Waals surface area (Å²) in [5.41, 5.74) is 2.62. The van der Waals surface area contributed by atoms with Gasteiger partial charge in [-0.2, -0.15) is 0 Å². The quantitative estimate of drug-likeness (QED) is 0.651. The number of halogens is 1. The summed E-state index contributed by atoms with van der Waals surface area (Å²) in [6.07, 6.45) is 8.76. The van der Waals surface area contributed by atoms with Gasteiger partial charge in [-0.3, -0.25) is 9.59 Å². The van der Waals surface area contributed by atoms with Crippen molar-refractivity contribution in [3.8, 4) is 0 Å². The van der Waals surface area contributed by atoms with E-state index in [4.69, 9.17) is 11.6 Å². The molecule has 0 aromatic rings. The highest BCUT2D eigenvalue weighted by Gasteiger charge is 2.59. The lowest BCUT2D eigenvalue weighted by molar-refractivity contribution is -0.132. The fraction of sp³-hybridized carbons (Fsp3) is 0.810. The van der Waals surface area contributed by atoms with E-state index in [1.54, 1.807) is 0 Å². The molecule has 0 radical (unpaired) electrons. The van der Waals surface area contributed by atoms with E-state index in [0.717, 1.165) is 50.5 Å². The molecule has 0 spiro atoms. The van der Waals surface area contributed by atoms with Crippen LogP contribution in [0.5, 0.6) is 0 Å². The molecule has 3 fully saturated rings. The first-order chi connectivity index (χ1) is 11.4. The standard InChI is InChI=1S/C21H29ClO2/c1-20-11-8-18(23)14(9-12-22)16(20)4-3-13-15-5-6-19(24)21(15,2)10-7-17(13)20/h13,15,17H,3-12H2,1-2H3/t13-,15-,17+,20-,21-/m0/s1. The topological polar surface area (TPSA) is 34.1 Å². The molecule has 4 rings (SSSR count). The van der Waals surface area contributed by atoms with Crippen LogP contribution in [0.4, 0.5) is 0 Å². The number of rotatable bonds is 2. The van der Waals surface area contributed by atoms with E-state index < -0.39 is 0 Å². The first-order valence-corrected chi connectivity index (χ1v) is 10.3.